The highest BCUT2D eigenvalue weighted by Crippen LogP contribution is 2.48. The van der Waals surface area contributed by atoms with Gasteiger partial charge in [-0.2, -0.15) is 10.5 Å². The van der Waals surface area contributed by atoms with E-state index in [0.29, 0.717) is 45.6 Å². The average molecular weight is 663 g/mol. The van der Waals surface area contributed by atoms with Crippen LogP contribution in [0.5, 0.6) is 0 Å². The molecule has 0 radical (unpaired) electrons. The first-order chi connectivity index (χ1) is 21.0. The summed E-state index contributed by atoms with van der Waals surface area (Å²) in [6, 6.07) is 4.11. The predicted molar refractivity (Wildman–Crippen MR) is 167 cm³/mol. The van der Waals surface area contributed by atoms with Crippen LogP contribution in [0.1, 0.15) is 51.9 Å². The Morgan fingerprint density at radius 1 is 0.864 bits per heavy atom. The van der Waals surface area contributed by atoms with Gasteiger partial charge in [0, 0.05) is 20.6 Å². The minimum atomic E-state index is -1.10. The molecule has 252 valence electrons. The van der Waals surface area contributed by atoms with Gasteiger partial charge in [0.2, 0.25) is 5.91 Å². The average Bonchev–Trinajstić information content (AvgIpc) is 3.66. The third-order valence-electron chi connectivity index (χ3n) is 7.06. The Bertz CT molecular complexity index is 931. The van der Waals surface area contributed by atoms with Crippen LogP contribution in [0.2, 0.25) is 0 Å². The molecule has 3 saturated heterocycles. The molecule has 44 heavy (non-hydrogen) atoms. The molecule has 1 N–H and O–H groups in total. The van der Waals surface area contributed by atoms with Crippen molar-refractivity contribution in [3.05, 3.63) is 0 Å². The van der Waals surface area contributed by atoms with Gasteiger partial charge in [0.1, 0.15) is 12.2 Å². The summed E-state index contributed by atoms with van der Waals surface area (Å²) in [5.41, 5.74) is 0. The molecule has 3 heterocycles. The van der Waals surface area contributed by atoms with Crippen LogP contribution in [0, 0.1) is 28.6 Å². The molecule has 0 aromatic heterocycles. The van der Waals surface area contributed by atoms with Crippen LogP contribution in [0.25, 0.3) is 0 Å². The van der Waals surface area contributed by atoms with Crippen LogP contribution < -0.4 is 5.32 Å². The molecule has 0 saturated carbocycles. The van der Waals surface area contributed by atoms with Crippen molar-refractivity contribution in [3.63, 3.8) is 0 Å². The van der Waals surface area contributed by atoms with Crippen LogP contribution >= 0.6 is 17.0 Å². The molecule has 0 aromatic carbocycles. The molecule has 16 heteroatoms. The highest BCUT2D eigenvalue weighted by molar-refractivity contribution is 7.47. The Hall–Kier alpha value is -1.09. The van der Waals surface area contributed by atoms with Gasteiger partial charge in [-0.3, -0.25) is 14.1 Å². The van der Waals surface area contributed by atoms with E-state index in [-0.39, 0.29) is 36.2 Å². The second kappa shape index (κ2) is 20.2. The Labute approximate surface area is 266 Å². The van der Waals surface area contributed by atoms with Crippen LogP contribution in [-0.2, 0) is 37.3 Å². The number of fused-ring (bicyclic) bond motifs is 5. The summed E-state index contributed by atoms with van der Waals surface area (Å²) in [5, 5.41) is 20.0. The largest absolute Gasteiger partial charge is 0.368 e. The number of nitriles is 2. The molecular weight excluding hydrogens is 610 g/mol. The normalized spacial score (nSPS) is 27.7. The third-order valence-corrected chi connectivity index (χ3v) is 10.3. The van der Waals surface area contributed by atoms with Crippen LogP contribution in [0.4, 0.5) is 0 Å². The minimum Gasteiger partial charge on any atom is -0.368 e. The number of carbonyl (C=O) groups excluding carboxylic acids is 1. The minimum absolute atomic E-state index is 0.0278. The maximum Gasteiger partial charge on any atom is 0.280 e. The van der Waals surface area contributed by atoms with E-state index < -0.39 is 22.9 Å². The summed E-state index contributed by atoms with van der Waals surface area (Å²) in [5.74, 6) is -1.23. The fourth-order valence-electron chi connectivity index (χ4n) is 5.07. The monoisotopic (exact) mass is 662 g/mol. The Kier molecular flexibility index (Phi) is 18.0. The van der Waals surface area contributed by atoms with Gasteiger partial charge in [0.25, 0.3) is 14.5 Å². The number of hydrogen-bond donors (Lipinski definition) is 1. The Morgan fingerprint density at radius 2 is 1.45 bits per heavy atom. The summed E-state index contributed by atoms with van der Waals surface area (Å²) in [6.45, 7) is 3.92. The number of unbranched alkanes of at least 4 members (excludes halogenated alkanes) is 3. The molecule has 0 aromatic rings. The van der Waals surface area contributed by atoms with Gasteiger partial charge in [-0.15, -0.1) is 0 Å². The summed E-state index contributed by atoms with van der Waals surface area (Å²) in [4.78, 5) is 12.7. The number of ether oxygens (including phenoxy) is 4. The molecule has 3 aliphatic rings. The van der Waals surface area contributed by atoms with E-state index in [1.807, 2.05) is 62.4 Å². The van der Waals surface area contributed by atoms with Crippen LogP contribution in [0.3, 0.4) is 0 Å². The number of amides is 1. The molecule has 0 spiro atoms. The third kappa shape index (κ3) is 12.3. The van der Waals surface area contributed by atoms with E-state index in [2.05, 4.69) is 11.4 Å². The standard InChI is InChI=1S/C21H36N3O7P.C7H16N3OP/c1-21(26-4)30-18-16-14-15(17(29-16)19(18)31-21)20(25)23-11-7-5-6-8-12-27-32(24(2)3)28-13-9-10-22;1-9(2)12(10(3)4)11-7-5-6-8/h15-19H,5-9,11-14H2,1-4H3,(H,23,25);5,7H2,1-4H3/t15?,16?,17-,18?,19+,21?,32?;/m0./s1. The van der Waals surface area contributed by atoms with E-state index in [1.165, 1.54) is 0 Å². The van der Waals surface area contributed by atoms with Crippen molar-refractivity contribution in [2.75, 3.05) is 75.8 Å². The van der Waals surface area contributed by atoms with Gasteiger partial charge in [-0.05, 0) is 61.5 Å². The number of nitrogens with one attached hydrogen (secondary N) is 1. The van der Waals surface area contributed by atoms with Crippen molar-refractivity contribution in [2.24, 2.45) is 5.92 Å². The molecule has 3 rings (SSSR count). The zero-order valence-electron chi connectivity index (χ0n) is 27.6. The lowest BCUT2D eigenvalue weighted by Gasteiger charge is -2.28. The van der Waals surface area contributed by atoms with Gasteiger partial charge in [0.05, 0.1) is 62.9 Å². The predicted octanol–water partition coefficient (Wildman–Crippen LogP) is 3.56. The molecule has 1 amide bonds. The van der Waals surface area contributed by atoms with Gasteiger partial charge >= 0.3 is 0 Å². The smallest absolute Gasteiger partial charge is 0.280 e. The van der Waals surface area contributed by atoms with Crippen molar-refractivity contribution >= 4 is 22.9 Å². The molecular formula is C28H52N6O8P2. The van der Waals surface area contributed by atoms with Gasteiger partial charge in [-0.1, -0.05) is 12.8 Å². The second-order valence-corrected chi connectivity index (χ2v) is 15.4. The van der Waals surface area contributed by atoms with E-state index in [9.17, 15) is 4.79 Å². The lowest BCUT2D eigenvalue weighted by Crippen LogP contribution is -2.46. The van der Waals surface area contributed by atoms with E-state index in [1.54, 1.807) is 14.0 Å². The van der Waals surface area contributed by atoms with Crippen LogP contribution in [-0.4, -0.2) is 126 Å². The Balaban J connectivity index is 0.000000477. The lowest BCUT2D eigenvalue weighted by molar-refractivity contribution is -0.329. The molecule has 7 atom stereocenters. The number of methoxy groups -OCH3 is 1. The van der Waals surface area contributed by atoms with Crippen molar-refractivity contribution in [2.45, 2.75) is 82.3 Å². The summed E-state index contributed by atoms with van der Waals surface area (Å²) >= 11 is 0. The van der Waals surface area contributed by atoms with Crippen LogP contribution in [0.15, 0.2) is 0 Å². The maximum atomic E-state index is 12.7. The summed E-state index contributed by atoms with van der Waals surface area (Å²) in [6.07, 6.45) is 4.55. The first-order valence-electron chi connectivity index (χ1n) is 15.1. The second-order valence-electron chi connectivity index (χ2n) is 11.3. The maximum absolute atomic E-state index is 12.7. The lowest BCUT2D eigenvalue weighted by atomic mass is 9.85. The number of rotatable bonds is 19. The quantitative estimate of drug-likeness (QED) is 0.159. The fourth-order valence-corrected chi connectivity index (χ4v) is 7.57. The SMILES string of the molecule is CN(C)P(OCCC#N)N(C)C.COC1(C)OC2C3CC(C(=O)NCCCCCCOP(OCCC#N)N(C)C)[C@H](O3)[C@H]2O1. The first-order valence-corrected chi connectivity index (χ1v) is 17.4. The molecule has 3 aliphatic heterocycles. The van der Waals surface area contributed by atoms with Crippen molar-refractivity contribution in [1.82, 2.24) is 19.3 Å². The number of hydrogen-bond acceptors (Lipinski definition) is 13. The van der Waals surface area contributed by atoms with Gasteiger partial charge in [-0.25, -0.2) is 4.67 Å². The topological polar surface area (TPSA) is 151 Å². The van der Waals surface area contributed by atoms with Crippen molar-refractivity contribution in [1.29, 1.82) is 10.5 Å². The number of carbonyl (C=O) groups is 1. The first kappa shape index (κ1) is 39.1. The van der Waals surface area contributed by atoms with E-state index >= 15 is 0 Å². The van der Waals surface area contributed by atoms with Crippen molar-refractivity contribution < 1.29 is 37.3 Å². The molecule has 14 nitrogen and oxygen atoms in total. The zero-order valence-corrected chi connectivity index (χ0v) is 29.4. The van der Waals surface area contributed by atoms with Crippen molar-refractivity contribution in [3.8, 4) is 12.1 Å². The molecule has 0 aliphatic carbocycles. The fraction of sp³-hybridized carbons (Fsp3) is 0.893. The molecule has 3 fully saturated rings. The summed E-state index contributed by atoms with van der Waals surface area (Å²) in [7, 11) is 11.5. The van der Waals surface area contributed by atoms with E-state index in [4.69, 9.17) is 43.0 Å². The summed E-state index contributed by atoms with van der Waals surface area (Å²) < 4.78 is 45.8. The van der Waals surface area contributed by atoms with E-state index in [0.717, 1.165) is 25.7 Å². The molecule has 2 bridgehead atoms. The highest BCUT2D eigenvalue weighted by atomic mass is 31.2. The van der Waals surface area contributed by atoms with Gasteiger partial charge in [0.15, 0.2) is 8.45 Å². The highest BCUT2D eigenvalue weighted by Gasteiger charge is 2.64. The zero-order chi connectivity index (χ0) is 32.7. The molecule has 5 unspecified atom stereocenters. The van der Waals surface area contributed by atoms with Gasteiger partial charge < -0.3 is 37.8 Å². The Morgan fingerprint density at radius 3 is 2.05 bits per heavy atom. The number of nitrogens with zero attached hydrogens (tertiary/aromatic N) is 5.